The molecule has 0 N–H and O–H groups in total. The summed E-state index contributed by atoms with van der Waals surface area (Å²) in [6.45, 7) is 3.84. The molecular weight excluding hydrogens is 271 g/mol. The van der Waals surface area contributed by atoms with Crippen LogP contribution in [0.3, 0.4) is 0 Å². The minimum Gasteiger partial charge on any atom is -0.493 e. The van der Waals surface area contributed by atoms with E-state index in [4.69, 9.17) is 9.47 Å². The molecule has 0 atom stereocenters. The largest absolute Gasteiger partial charge is 0.493 e. The number of ketones is 1. The minimum absolute atomic E-state index is 0.160. The number of ether oxygens (including phenoxy) is 2. The maximum Gasteiger partial charge on any atom is 0.203 e. The van der Waals surface area contributed by atoms with Crippen molar-refractivity contribution in [1.29, 1.82) is 0 Å². The van der Waals surface area contributed by atoms with Crippen molar-refractivity contribution in [3.8, 4) is 11.5 Å². The highest BCUT2D eigenvalue weighted by atomic mass is 19.1. The normalized spacial score (nSPS) is 10.2. The Kier molecular flexibility index (Phi) is 4.93. The van der Waals surface area contributed by atoms with Gasteiger partial charge in [-0.15, -0.1) is 0 Å². The molecule has 0 saturated heterocycles. The van der Waals surface area contributed by atoms with Crippen molar-refractivity contribution in [2.24, 2.45) is 0 Å². The average molecular weight is 288 g/mol. The van der Waals surface area contributed by atoms with E-state index in [1.54, 1.807) is 43.3 Å². The third-order valence-electron chi connectivity index (χ3n) is 3.00. The molecule has 0 amide bonds. The fraction of sp³-hybridized carbons (Fsp3) is 0.235. The van der Waals surface area contributed by atoms with Gasteiger partial charge in [-0.05, 0) is 37.6 Å². The first-order valence-electron chi connectivity index (χ1n) is 6.75. The second-order valence-corrected chi connectivity index (χ2v) is 4.55. The zero-order chi connectivity index (χ0) is 15.2. The number of aryl methyl sites for hydroxylation is 1. The number of Topliss-reactive ketones (excluding diaryl/α,β-unsaturated/α-hetero) is 1. The monoisotopic (exact) mass is 288 g/mol. The Labute approximate surface area is 123 Å². The molecule has 0 aliphatic heterocycles. The van der Waals surface area contributed by atoms with Crippen LogP contribution < -0.4 is 9.47 Å². The molecule has 110 valence electrons. The number of hydrogen-bond acceptors (Lipinski definition) is 3. The van der Waals surface area contributed by atoms with Crippen molar-refractivity contribution in [2.45, 2.75) is 13.8 Å². The summed E-state index contributed by atoms with van der Waals surface area (Å²) in [7, 11) is 0. The number of carbonyl (C=O) groups is 1. The fourth-order valence-electron chi connectivity index (χ4n) is 1.87. The number of hydrogen-bond donors (Lipinski definition) is 0. The number of carbonyl (C=O) groups excluding carboxylic acids is 1. The van der Waals surface area contributed by atoms with Crippen LogP contribution in [0, 0.1) is 12.7 Å². The van der Waals surface area contributed by atoms with Gasteiger partial charge in [0, 0.05) is 6.07 Å². The molecule has 2 aromatic rings. The molecule has 0 saturated carbocycles. The van der Waals surface area contributed by atoms with Crippen molar-refractivity contribution < 1.29 is 18.7 Å². The topological polar surface area (TPSA) is 35.5 Å². The summed E-state index contributed by atoms with van der Waals surface area (Å²) >= 11 is 0. The Morgan fingerprint density at radius 3 is 2.62 bits per heavy atom. The minimum atomic E-state index is -0.352. The van der Waals surface area contributed by atoms with E-state index in [1.807, 2.05) is 6.92 Å². The molecule has 0 bridgehead atoms. The van der Waals surface area contributed by atoms with Gasteiger partial charge in [0.15, 0.2) is 6.61 Å². The lowest BCUT2D eigenvalue weighted by Crippen LogP contribution is -2.13. The van der Waals surface area contributed by atoms with Crippen LogP contribution in [0.15, 0.2) is 42.5 Å². The lowest BCUT2D eigenvalue weighted by atomic mass is 10.1. The first-order chi connectivity index (χ1) is 10.1. The predicted octanol–water partition coefficient (Wildman–Crippen LogP) is 3.79. The van der Waals surface area contributed by atoms with Crippen LogP contribution in [0.2, 0.25) is 0 Å². The van der Waals surface area contributed by atoms with Crippen LogP contribution in [0.1, 0.15) is 22.8 Å². The van der Waals surface area contributed by atoms with Gasteiger partial charge in [0.05, 0.1) is 12.2 Å². The quantitative estimate of drug-likeness (QED) is 0.759. The second-order valence-electron chi connectivity index (χ2n) is 4.55. The second kappa shape index (κ2) is 6.88. The Bertz CT molecular complexity index is 638. The molecule has 0 spiro atoms. The summed E-state index contributed by atoms with van der Waals surface area (Å²) in [6, 6.07) is 11.5. The van der Waals surface area contributed by atoms with E-state index in [1.165, 1.54) is 6.07 Å². The molecule has 2 aromatic carbocycles. The van der Waals surface area contributed by atoms with E-state index in [9.17, 15) is 9.18 Å². The summed E-state index contributed by atoms with van der Waals surface area (Å²) in [4.78, 5) is 12.2. The molecule has 0 heterocycles. The maximum absolute atomic E-state index is 13.4. The lowest BCUT2D eigenvalue weighted by molar-refractivity contribution is 0.0917. The number of benzene rings is 2. The van der Waals surface area contributed by atoms with Gasteiger partial charge in [0.25, 0.3) is 0 Å². The van der Waals surface area contributed by atoms with Crippen molar-refractivity contribution in [3.05, 3.63) is 59.4 Å². The molecule has 0 aliphatic carbocycles. The summed E-state index contributed by atoms with van der Waals surface area (Å²) in [5.74, 6) is 0.304. The first kappa shape index (κ1) is 15.0. The van der Waals surface area contributed by atoms with E-state index in [0.29, 0.717) is 29.2 Å². The first-order valence-corrected chi connectivity index (χ1v) is 6.75. The molecular formula is C17H17FO3. The molecule has 3 nitrogen and oxygen atoms in total. The number of para-hydroxylation sites is 1. The summed E-state index contributed by atoms with van der Waals surface area (Å²) < 4.78 is 24.2. The Balaban J connectivity index is 2.06. The zero-order valence-corrected chi connectivity index (χ0v) is 12.1. The van der Waals surface area contributed by atoms with E-state index < -0.39 is 0 Å². The molecule has 0 unspecified atom stereocenters. The highest BCUT2D eigenvalue weighted by Gasteiger charge is 2.13. The van der Waals surface area contributed by atoms with Crippen LogP contribution in [0.25, 0.3) is 0 Å². The maximum atomic E-state index is 13.4. The fourth-order valence-corrected chi connectivity index (χ4v) is 1.87. The Morgan fingerprint density at radius 1 is 1.14 bits per heavy atom. The van der Waals surface area contributed by atoms with Crippen LogP contribution >= 0.6 is 0 Å². The smallest absolute Gasteiger partial charge is 0.203 e. The van der Waals surface area contributed by atoms with Crippen molar-refractivity contribution in [1.82, 2.24) is 0 Å². The van der Waals surface area contributed by atoms with Crippen molar-refractivity contribution >= 4 is 5.78 Å². The van der Waals surface area contributed by atoms with E-state index in [-0.39, 0.29) is 18.2 Å². The lowest BCUT2D eigenvalue weighted by Gasteiger charge is -2.10. The van der Waals surface area contributed by atoms with Gasteiger partial charge in [0.1, 0.15) is 17.3 Å². The summed E-state index contributed by atoms with van der Waals surface area (Å²) in [5.41, 5.74) is 1.00. The third-order valence-corrected chi connectivity index (χ3v) is 3.00. The molecule has 0 aliphatic rings. The molecule has 21 heavy (non-hydrogen) atoms. The molecule has 0 aromatic heterocycles. The third kappa shape index (κ3) is 3.81. The van der Waals surface area contributed by atoms with Gasteiger partial charge in [-0.2, -0.15) is 0 Å². The number of halogens is 1. The van der Waals surface area contributed by atoms with Crippen LogP contribution in [-0.4, -0.2) is 19.0 Å². The highest BCUT2D eigenvalue weighted by molar-refractivity contribution is 5.99. The Morgan fingerprint density at radius 2 is 1.90 bits per heavy atom. The van der Waals surface area contributed by atoms with Crippen LogP contribution in [0.5, 0.6) is 11.5 Å². The molecule has 2 rings (SSSR count). The highest BCUT2D eigenvalue weighted by Crippen LogP contribution is 2.20. The van der Waals surface area contributed by atoms with Gasteiger partial charge in [0.2, 0.25) is 5.78 Å². The average Bonchev–Trinajstić information content (AvgIpc) is 2.49. The van der Waals surface area contributed by atoms with Gasteiger partial charge >= 0.3 is 0 Å². The van der Waals surface area contributed by atoms with Gasteiger partial charge < -0.3 is 9.47 Å². The van der Waals surface area contributed by atoms with E-state index in [0.717, 1.165) is 0 Å². The predicted molar refractivity (Wildman–Crippen MR) is 78.6 cm³/mol. The molecule has 4 heteroatoms. The van der Waals surface area contributed by atoms with Gasteiger partial charge in [-0.25, -0.2) is 4.39 Å². The standard InChI is InChI=1S/C17H17FO3/c1-3-20-17-7-5-4-6-14(17)16(19)11-21-13-9-8-12(2)15(18)10-13/h4-10H,3,11H2,1-2H3. The van der Waals surface area contributed by atoms with Crippen LogP contribution in [-0.2, 0) is 0 Å². The summed E-state index contributed by atoms with van der Waals surface area (Å²) in [5, 5.41) is 0. The van der Waals surface area contributed by atoms with Crippen LogP contribution in [0.4, 0.5) is 4.39 Å². The summed E-state index contributed by atoms with van der Waals surface area (Å²) in [6.07, 6.45) is 0. The molecule has 0 fully saturated rings. The van der Waals surface area contributed by atoms with E-state index in [2.05, 4.69) is 0 Å². The number of rotatable bonds is 6. The van der Waals surface area contributed by atoms with E-state index >= 15 is 0 Å². The zero-order valence-electron chi connectivity index (χ0n) is 12.1. The SMILES string of the molecule is CCOc1ccccc1C(=O)COc1ccc(C)c(F)c1. The van der Waals surface area contributed by atoms with Gasteiger partial charge in [-0.1, -0.05) is 18.2 Å². The molecule has 0 radical (unpaired) electrons. The van der Waals surface area contributed by atoms with Crippen molar-refractivity contribution in [2.75, 3.05) is 13.2 Å². The Hall–Kier alpha value is -2.36. The van der Waals surface area contributed by atoms with Crippen molar-refractivity contribution in [3.63, 3.8) is 0 Å². The van der Waals surface area contributed by atoms with Gasteiger partial charge in [-0.3, -0.25) is 4.79 Å².